The maximum absolute atomic E-state index is 13.2. The van der Waals surface area contributed by atoms with Crippen molar-refractivity contribution in [3.63, 3.8) is 0 Å². The molecule has 0 aliphatic heterocycles. The lowest BCUT2D eigenvalue weighted by Crippen LogP contribution is -2.46. The molecule has 0 aromatic heterocycles. The van der Waals surface area contributed by atoms with Crippen LogP contribution >= 0.6 is 0 Å². The molecular formula is C59H97NO5. The maximum atomic E-state index is 13.2. The zero-order valence-electron chi connectivity index (χ0n) is 41.8. The molecule has 6 nitrogen and oxygen atoms in total. The van der Waals surface area contributed by atoms with Crippen molar-refractivity contribution in [2.45, 2.75) is 232 Å². The number of hydrogen-bond acceptors (Lipinski definition) is 5. The van der Waals surface area contributed by atoms with Gasteiger partial charge in [0.05, 0.1) is 25.2 Å². The van der Waals surface area contributed by atoms with E-state index in [2.05, 4.69) is 142 Å². The molecule has 0 rings (SSSR count). The van der Waals surface area contributed by atoms with E-state index >= 15 is 0 Å². The molecule has 6 heteroatoms. The van der Waals surface area contributed by atoms with Crippen molar-refractivity contribution in [1.29, 1.82) is 0 Å². The Bertz CT molecular complexity index is 1380. The molecule has 0 bridgehead atoms. The number of hydrogen-bond donors (Lipinski definition) is 3. The van der Waals surface area contributed by atoms with Gasteiger partial charge in [-0.1, -0.05) is 226 Å². The fourth-order valence-electron chi connectivity index (χ4n) is 7.16. The quantitative estimate of drug-likeness (QED) is 0.0321. The first-order chi connectivity index (χ1) is 32.0. The van der Waals surface area contributed by atoms with Crippen LogP contribution in [0.1, 0.15) is 213 Å². The molecule has 0 heterocycles. The number of rotatable bonds is 45. The predicted octanol–water partition coefficient (Wildman–Crippen LogP) is 16.1. The fraction of sp³-hybridized carbons (Fsp3) is 0.627. The molecular weight excluding hydrogens is 803 g/mol. The summed E-state index contributed by atoms with van der Waals surface area (Å²) in [6.45, 7) is 6.21. The average molecular weight is 900 g/mol. The summed E-state index contributed by atoms with van der Waals surface area (Å²) in [6, 6.07) is -0.743. The van der Waals surface area contributed by atoms with Gasteiger partial charge in [0.2, 0.25) is 5.91 Å². The average Bonchev–Trinajstić information content (AvgIpc) is 3.30. The van der Waals surface area contributed by atoms with Crippen LogP contribution < -0.4 is 5.32 Å². The Morgan fingerprint density at radius 2 is 0.831 bits per heavy atom. The Labute approximate surface area is 400 Å². The Morgan fingerprint density at radius 3 is 1.23 bits per heavy atom. The van der Waals surface area contributed by atoms with Gasteiger partial charge in [-0.05, 0) is 96.3 Å². The van der Waals surface area contributed by atoms with Crippen LogP contribution in [0.2, 0.25) is 0 Å². The summed E-state index contributed by atoms with van der Waals surface area (Å²) in [5.41, 5.74) is 0. The molecule has 0 saturated heterocycles. The summed E-state index contributed by atoms with van der Waals surface area (Å²) in [4.78, 5) is 26.1. The number of esters is 1. The number of aliphatic hydroxyl groups excluding tert-OH is 2. The topological polar surface area (TPSA) is 95.9 Å². The van der Waals surface area contributed by atoms with Crippen LogP contribution in [0.3, 0.4) is 0 Å². The highest BCUT2D eigenvalue weighted by Gasteiger charge is 2.23. The van der Waals surface area contributed by atoms with Gasteiger partial charge in [-0.15, -0.1) is 0 Å². The Balaban J connectivity index is 4.84. The maximum Gasteiger partial charge on any atom is 0.306 e. The number of unbranched alkanes of at least 4 members (excludes halogenated alkanes) is 13. The first-order valence-corrected chi connectivity index (χ1v) is 26.3. The zero-order chi connectivity index (χ0) is 47.4. The second kappa shape index (κ2) is 51.2. The molecule has 0 aliphatic carbocycles. The van der Waals surface area contributed by atoms with E-state index in [1.165, 1.54) is 64.2 Å². The molecule has 0 fully saturated rings. The molecule has 1 amide bonds. The fourth-order valence-corrected chi connectivity index (χ4v) is 7.16. The van der Waals surface area contributed by atoms with E-state index in [9.17, 15) is 19.8 Å². The van der Waals surface area contributed by atoms with E-state index in [1.54, 1.807) is 0 Å². The van der Waals surface area contributed by atoms with Gasteiger partial charge in [-0.2, -0.15) is 0 Å². The number of ether oxygens (including phenoxy) is 1. The number of carbonyl (C=O) groups is 2. The van der Waals surface area contributed by atoms with Crippen molar-refractivity contribution < 1.29 is 24.5 Å². The minimum absolute atomic E-state index is 0.00103. The summed E-state index contributed by atoms with van der Waals surface area (Å²) < 4.78 is 5.87. The van der Waals surface area contributed by atoms with Gasteiger partial charge < -0.3 is 20.3 Å². The van der Waals surface area contributed by atoms with E-state index < -0.39 is 18.2 Å². The van der Waals surface area contributed by atoms with Crippen LogP contribution in [0.25, 0.3) is 0 Å². The van der Waals surface area contributed by atoms with Crippen LogP contribution in [0.5, 0.6) is 0 Å². The number of carbonyl (C=O) groups excluding carboxylic acids is 2. The summed E-state index contributed by atoms with van der Waals surface area (Å²) >= 11 is 0. The van der Waals surface area contributed by atoms with Crippen molar-refractivity contribution in [3.8, 4) is 0 Å². The van der Waals surface area contributed by atoms with Crippen molar-refractivity contribution >= 4 is 11.9 Å². The Morgan fingerprint density at radius 1 is 0.462 bits per heavy atom. The summed E-state index contributed by atoms with van der Waals surface area (Å²) in [5, 5.41) is 23.8. The van der Waals surface area contributed by atoms with Crippen LogP contribution in [0, 0.1) is 0 Å². The molecule has 0 radical (unpaired) electrons. The third kappa shape index (κ3) is 46.6. The first-order valence-electron chi connectivity index (χ1n) is 26.3. The third-order valence-electron chi connectivity index (χ3n) is 11.0. The Kier molecular flexibility index (Phi) is 48.3. The number of aliphatic hydroxyl groups is 2. The molecule has 3 unspecified atom stereocenters. The largest absolute Gasteiger partial charge is 0.462 e. The summed E-state index contributed by atoms with van der Waals surface area (Å²) in [5.74, 6) is -0.640. The normalized spacial score (nSPS) is 14.2. The number of amides is 1. The highest BCUT2D eigenvalue weighted by Crippen LogP contribution is 2.16. The third-order valence-corrected chi connectivity index (χ3v) is 11.0. The second-order valence-corrected chi connectivity index (χ2v) is 17.2. The molecule has 0 aromatic carbocycles. The van der Waals surface area contributed by atoms with Crippen LogP contribution in [0.15, 0.2) is 122 Å². The van der Waals surface area contributed by atoms with Crippen molar-refractivity contribution in [1.82, 2.24) is 5.32 Å². The van der Waals surface area contributed by atoms with Crippen molar-refractivity contribution in [2.75, 3.05) is 6.61 Å². The van der Waals surface area contributed by atoms with Crippen molar-refractivity contribution in [2.24, 2.45) is 0 Å². The van der Waals surface area contributed by atoms with E-state index in [0.717, 1.165) is 96.3 Å². The second-order valence-electron chi connectivity index (χ2n) is 17.2. The zero-order valence-corrected chi connectivity index (χ0v) is 41.8. The lowest BCUT2D eigenvalue weighted by atomic mass is 10.0. The SMILES string of the molecule is CC/C=C\C/C=C\C/C=C\C/C=C\C/C=C\CCCC(CC(=O)NC(CO)C(O)CCCCCCCCCCCCCCC)OC(=O)CC/C=C/C/C=C/C/C=C/C/C=C/C/C=C/CC. The first kappa shape index (κ1) is 61.3. The van der Waals surface area contributed by atoms with E-state index in [4.69, 9.17) is 4.74 Å². The van der Waals surface area contributed by atoms with Gasteiger partial charge in [-0.25, -0.2) is 0 Å². The minimum Gasteiger partial charge on any atom is -0.462 e. The molecule has 3 N–H and O–H groups in total. The molecule has 368 valence electrons. The smallest absolute Gasteiger partial charge is 0.306 e. The van der Waals surface area contributed by atoms with Gasteiger partial charge in [0.15, 0.2) is 0 Å². The van der Waals surface area contributed by atoms with Crippen molar-refractivity contribution in [3.05, 3.63) is 122 Å². The molecule has 65 heavy (non-hydrogen) atoms. The standard InChI is InChI=1S/C59H97NO5/c1-4-7-10-13-16-19-22-25-27-29-30-33-35-38-41-44-47-50-55(65-59(64)52-49-46-43-40-37-34-31-28-26-23-20-17-14-11-8-5-2)53-58(63)60-56(54-61)57(62)51-48-45-42-39-36-32-24-21-18-15-12-9-6-3/h7-8,10-11,16-17,19-20,25-28,30,33-34,37-38,41,43,46,55-57,61-62H,4-6,9,12-15,18,21-24,29,31-32,35-36,39-40,42,44-45,47-54H2,1-3H3,(H,60,63)/b10-7-,11-8+,19-16-,20-17+,27-25-,28-26+,33-30-,37-34+,41-38-,46-43+. The van der Waals surface area contributed by atoms with E-state index in [-0.39, 0.29) is 31.3 Å². The van der Waals surface area contributed by atoms with Gasteiger partial charge in [-0.3, -0.25) is 9.59 Å². The predicted molar refractivity (Wildman–Crippen MR) is 282 cm³/mol. The van der Waals surface area contributed by atoms with Gasteiger partial charge in [0.25, 0.3) is 0 Å². The van der Waals surface area contributed by atoms with Gasteiger partial charge in [0.1, 0.15) is 6.10 Å². The van der Waals surface area contributed by atoms with Crippen LogP contribution in [0.4, 0.5) is 0 Å². The molecule has 0 saturated carbocycles. The van der Waals surface area contributed by atoms with E-state index in [1.807, 2.05) is 6.08 Å². The summed E-state index contributed by atoms with van der Waals surface area (Å²) in [7, 11) is 0. The molecule has 0 aliphatic rings. The van der Waals surface area contributed by atoms with E-state index in [0.29, 0.717) is 19.3 Å². The van der Waals surface area contributed by atoms with Crippen LogP contribution in [-0.2, 0) is 14.3 Å². The lowest BCUT2D eigenvalue weighted by Gasteiger charge is -2.24. The summed E-state index contributed by atoms with van der Waals surface area (Å²) in [6.07, 6.45) is 71.2. The molecule has 3 atom stereocenters. The van der Waals surface area contributed by atoms with Gasteiger partial charge >= 0.3 is 5.97 Å². The Hall–Kier alpha value is -3.74. The molecule has 0 aromatic rings. The number of allylic oxidation sites excluding steroid dienone is 20. The minimum atomic E-state index is -0.823. The number of nitrogens with one attached hydrogen (secondary N) is 1. The highest BCUT2D eigenvalue weighted by molar-refractivity contribution is 5.77. The van der Waals surface area contributed by atoms with Gasteiger partial charge in [0, 0.05) is 6.42 Å². The van der Waals surface area contributed by atoms with Crippen LogP contribution in [-0.4, -0.2) is 46.9 Å². The highest BCUT2D eigenvalue weighted by atomic mass is 16.5. The lowest BCUT2D eigenvalue weighted by molar-refractivity contribution is -0.150. The molecule has 0 spiro atoms. The monoisotopic (exact) mass is 900 g/mol.